The molecule has 1 heterocycles. The number of aryl methyl sites for hydroxylation is 1. The van der Waals surface area contributed by atoms with Crippen molar-refractivity contribution < 1.29 is 9.53 Å². The highest BCUT2D eigenvalue weighted by Gasteiger charge is 2.27. The van der Waals surface area contributed by atoms with Gasteiger partial charge in [-0.05, 0) is 62.9 Å². The highest BCUT2D eigenvalue weighted by Crippen LogP contribution is 2.17. The molecule has 1 fully saturated rings. The van der Waals surface area contributed by atoms with Crippen molar-refractivity contribution in [3.8, 4) is 5.75 Å². The number of piperidine rings is 1. The number of carbonyl (C=O) groups is 1. The van der Waals surface area contributed by atoms with Crippen molar-refractivity contribution in [2.75, 3.05) is 26.7 Å². The predicted molar refractivity (Wildman–Crippen MR) is 93.8 cm³/mol. The first-order chi connectivity index (χ1) is 11.2. The summed E-state index contributed by atoms with van der Waals surface area (Å²) in [5, 5.41) is 3.13. The molecule has 1 aliphatic heterocycles. The van der Waals surface area contributed by atoms with E-state index >= 15 is 0 Å². The molecule has 4 nitrogen and oxygen atoms in total. The van der Waals surface area contributed by atoms with Crippen molar-refractivity contribution in [1.82, 2.24) is 10.2 Å². The van der Waals surface area contributed by atoms with Crippen molar-refractivity contribution in [2.45, 2.75) is 51.5 Å². The maximum Gasteiger partial charge on any atom is 0.237 e. The third kappa shape index (κ3) is 5.54. The number of likely N-dealkylation sites (tertiary alicyclic amines) is 1. The quantitative estimate of drug-likeness (QED) is 0.749. The molecule has 23 heavy (non-hydrogen) atoms. The number of hydrogen-bond acceptors (Lipinski definition) is 3. The maximum atomic E-state index is 12.4. The molecule has 1 N–H and O–H groups in total. The van der Waals surface area contributed by atoms with Gasteiger partial charge in [-0.2, -0.15) is 0 Å². The highest BCUT2D eigenvalue weighted by atomic mass is 16.5. The van der Waals surface area contributed by atoms with Gasteiger partial charge in [0.2, 0.25) is 5.91 Å². The zero-order valence-electron chi connectivity index (χ0n) is 14.5. The monoisotopic (exact) mass is 318 g/mol. The number of nitrogens with one attached hydrogen (secondary N) is 1. The number of amides is 1. The molecule has 0 aromatic heterocycles. The van der Waals surface area contributed by atoms with E-state index < -0.39 is 0 Å². The summed E-state index contributed by atoms with van der Waals surface area (Å²) in [5.41, 5.74) is 1.28. The van der Waals surface area contributed by atoms with E-state index in [9.17, 15) is 4.79 Å². The molecule has 1 unspecified atom stereocenters. The molecule has 0 bridgehead atoms. The Morgan fingerprint density at radius 1 is 1.30 bits per heavy atom. The lowest BCUT2D eigenvalue weighted by Crippen LogP contribution is -2.49. The van der Waals surface area contributed by atoms with Gasteiger partial charge in [0.25, 0.3) is 0 Å². The SMILES string of the molecule is CCCN1CCCCC1C(=O)NCCCc1ccc(OC)cc1. The van der Waals surface area contributed by atoms with Crippen LogP contribution in [-0.4, -0.2) is 43.6 Å². The van der Waals surface area contributed by atoms with Crippen LogP contribution in [0.1, 0.15) is 44.6 Å². The minimum Gasteiger partial charge on any atom is -0.497 e. The third-order valence-corrected chi connectivity index (χ3v) is 4.53. The number of ether oxygens (including phenoxy) is 1. The van der Waals surface area contributed by atoms with Crippen LogP contribution in [0.15, 0.2) is 24.3 Å². The summed E-state index contributed by atoms with van der Waals surface area (Å²) in [6, 6.07) is 8.23. The molecule has 1 aliphatic rings. The molecule has 4 heteroatoms. The third-order valence-electron chi connectivity index (χ3n) is 4.53. The van der Waals surface area contributed by atoms with Gasteiger partial charge >= 0.3 is 0 Å². The summed E-state index contributed by atoms with van der Waals surface area (Å²) >= 11 is 0. The van der Waals surface area contributed by atoms with Gasteiger partial charge in [-0.1, -0.05) is 25.5 Å². The Kier molecular flexibility index (Phi) is 7.40. The Morgan fingerprint density at radius 2 is 2.09 bits per heavy atom. The topological polar surface area (TPSA) is 41.6 Å². The smallest absolute Gasteiger partial charge is 0.237 e. The molecule has 1 atom stereocenters. The van der Waals surface area contributed by atoms with Crippen LogP contribution >= 0.6 is 0 Å². The molecule has 0 radical (unpaired) electrons. The van der Waals surface area contributed by atoms with E-state index in [0.29, 0.717) is 0 Å². The fourth-order valence-electron chi connectivity index (χ4n) is 3.26. The van der Waals surface area contributed by atoms with Gasteiger partial charge in [-0.3, -0.25) is 9.69 Å². The first-order valence-corrected chi connectivity index (χ1v) is 8.89. The largest absolute Gasteiger partial charge is 0.497 e. The minimum absolute atomic E-state index is 0.0877. The first-order valence-electron chi connectivity index (χ1n) is 8.89. The van der Waals surface area contributed by atoms with Crippen LogP contribution in [0.25, 0.3) is 0 Å². The van der Waals surface area contributed by atoms with Crippen LogP contribution < -0.4 is 10.1 Å². The molecule has 1 amide bonds. The lowest BCUT2D eigenvalue weighted by atomic mass is 10.0. The Morgan fingerprint density at radius 3 is 2.78 bits per heavy atom. The van der Waals surface area contributed by atoms with E-state index in [1.54, 1.807) is 7.11 Å². The van der Waals surface area contributed by atoms with Crippen molar-refractivity contribution in [3.05, 3.63) is 29.8 Å². The van der Waals surface area contributed by atoms with Crippen LogP contribution in [0.5, 0.6) is 5.75 Å². The average molecular weight is 318 g/mol. The Balaban J connectivity index is 1.70. The Bertz CT molecular complexity index is 471. The molecule has 1 aromatic carbocycles. The summed E-state index contributed by atoms with van der Waals surface area (Å²) in [5.74, 6) is 1.10. The van der Waals surface area contributed by atoms with Gasteiger partial charge in [0.05, 0.1) is 13.2 Å². The summed E-state index contributed by atoms with van der Waals surface area (Å²) < 4.78 is 5.16. The van der Waals surface area contributed by atoms with Gasteiger partial charge in [-0.25, -0.2) is 0 Å². The molecule has 1 saturated heterocycles. The normalized spacial score (nSPS) is 18.6. The van der Waals surface area contributed by atoms with Gasteiger partial charge in [0.15, 0.2) is 0 Å². The number of carbonyl (C=O) groups excluding carboxylic acids is 1. The molecule has 0 saturated carbocycles. The lowest BCUT2D eigenvalue weighted by molar-refractivity contribution is -0.127. The highest BCUT2D eigenvalue weighted by molar-refractivity contribution is 5.81. The Hall–Kier alpha value is -1.55. The van der Waals surface area contributed by atoms with Crippen LogP contribution in [-0.2, 0) is 11.2 Å². The van der Waals surface area contributed by atoms with E-state index in [4.69, 9.17) is 4.74 Å². The summed E-state index contributed by atoms with van der Waals surface area (Å²) in [4.78, 5) is 14.8. The van der Waals surface area contributed by atoms with Crippen molar-refractivity contribution in [2.24, 2.45) is 0 Å². The first kappa shape index (κ1) is 17.8. The second-order valence-corrected chi connectivity index (χ2v) is 6.29. The number of hydrogen-bond donors (Lipinski definition) is 1. The predicted octanol–water partition coefficient (Wildman–Crippen LogP) is 3.01. The molecular formula is C19H30N2O2. The van der Waals surface area contributed by atoms with E-state index in [-0.39, 0.29) is 11.9 Å². The number of nitrogens with zero attached hydrogens (tertiary/aromatic N) is 1. The fourth-order valence-corrected chi connectivity index (χ4v) is 3.26. The zero-order valence-corrected chi connectivity index (χ0v) is 14.5. The number of rotatable bonds is 8. The zero-order chi connectivity index (χ0) is 16.5. The van der Waals surface area contributed by atoms with Crippen molar-refractivity contribution in [1.29, 1.82) is 0 Å². The van der Waals surface area contributed by atoms with E-state index in [2.05, 4.69) is 29.3 Å². The molecular weight excluding hydrogens is 288 g/mol. The standard InChI is InChI=1S/C19H30N2O2/c1-3-14-21-15-5-4-8-18(21)19(22)20-13-6-7-16-9-11-17(23-2)12-10-16/h9-12,18H,3-8,13-15H2,1-2H3,(H,20,22). The van der Waals surface area contributed by atoms with E-state index in [1.807, 2.05) is 12.1 Å². The number of benzene rings is 1. The second-order valence-electron chi connectivity index (χ2n) is 6.29. The molecule has 0 spiro atoms. The molecule has 1 aromatic rings. The van der Waals surface area contributed by atoms with Crippen LogP contribution in [0, 0.1) is 0 Å². The fraction of sp³-hybridized carbons (Fsp3) is 0.632. The lowest BCUT2D eigenvalue weighted by Gasteiger charge is -2.34. The average Bonchev–Trinajstić information content (AvgIpc) is 2.60. The summed E-state index contributed by atoms with van der Waals surface area (Å²) in [6.45, 7) is 5.03. The maximum absolute atomic E-state index is 12.4. The minimum atomic E-state index is 0.0877. The summed E-state index contributed by atoms with van der Waals surface area (Å²) in [7, 11) is 1.68. The van der Waals surface area contributed by atoms with Crippen LogP contribution in [0.2, 0.25) is 0 Å². The van der Waals surface area contributed by atoms with Gasteiger partial charge < -0.3 is 10.1 Å². The van der Waals surface area contributed by atoms with Crippen molar-refractivity contribution >= 4 is 5.91 Å². The van der Waals surface area contributed by atoms with Gasteiger partial charge in [0, 0.05) is 6.54 Å². The van der Waals surface area contributed by atoms with Gasteiger partial charge in [-0.15, -0.1) is 0 Å². The Labute approximate surface area is 140 Å². The van der Waals surface area contributed by atoms with E-state index in [1.165, 1.54) is 18.4 Å². The van der Waals surface area contributed by atoms with Crippen molar-refractivity contribution in [3.63, 3.8) is 0 Å². The molecule has 2 rings (SSSR count). The molecule has 0 aliphatic carbocycles. The van der Waals surface area contributed by atoms with Crippen LogP contribution in [0.4, 0.5) is 0 Å². The van der Waals surface area contributed by atoms with E-state index in [0.717, 1.165) is 51.1 Å². The van der Waals surface area contributed by atoms with Crippen LogP contribution in [0.3, 0.4) is 0 Å². The number of methoxy groups -OCH3 is 1. The van der Waals surface area contributed by atoms with Gasteiger partial charge in [0.1, 0.15) is 5.75 Å². The summed E-state index contributed by atoms with van der Waals surface area (Å²) in [6.07, 6.45) is 6.46. The second kappa shape index (κ2) is 9.56. The molecule has 128 valence electrons.